The van der Waals surface area contributed by atoms with Crippen LogP contribution in [0.2, 0.25) is 0 Å². The molecule has 0 spiro atoms. The molecule has 0 saturated carbocycles. The molecule has 2 N–H and O–H groups in total. The third-order valence-corrected chi connectivity index (χ3v) is 6.34. The Hall–Kier alpha value is -3.06. The number of hydrogen-bond donors (Lipinski definition) is 2. The van der Waals surface area contributed by atoms with Crippen molar-refractivity contribution < 1.29 is 14.1 Å². The molecule has 0 radical (unpaired) electrons. The van der Waals surface area contributed by atoms with E-state index in [9.17, 15) is 9.59 Å². The predicted octanol–water partition coefficient (Wildman–Crippen LogP) is 5.74. The molecule has 0 fully saturated rings. The molecule has 1 unspecified atom stereocenters. The van der Waals surface area contributed by atoms with E-state index >= 15 is 0 Å². The van der Waals surface area contributed by atoms with Crippen molar-refractivity contribution in [2.75, 3.05) is 16.4 Å². The minimum absolute atomic E-state index is 0.0144. The van der Waals surface area contributed by atoms with E-state index in [0.29, 0.717) is 30.2 Å². The van der Waals surface area contributed by atoms with Crippen LogP contribution in [-0.2, 0) is 9.59 Å². The second kappa shape index (κ2) is 11.0. The summed E-state index contributed by atoms with van der Waals surface area (Å²) in [6.07, 6.45) is 1.06. The number of benzene rings is 2. The van der Waals surface area contributed by atoms with Crippen LogP contribution in [0, 0.1) is 27.7 Å². The smallest absolute Gasteiger partial charge is 0.243 e. The summed E-state index contributed by atoms with van der Waals surface area (Å²) in [5.41, 5.74) is 5.10. The quantitative estimate of drug-likeness (QED) is 0.405. The first kappa shape index (κ1) is 23.6. The number of nitrogens with one attached hydrogen (secondary N) is 2. The van der Waals surface area contributed by atoms with Crippen LogP contribution in [-0.4, -0.2) is 22.7 Å². The highest BCUT2D eigenvalue weighted by molar-refractivity contribution is 8.00. The number of amides is 2. The molecule has 2 aromatic carbocycles. The van der Waals surface area contributed by atoms with E-state index in [2.05, 4.69) is 27.9 Å². The summed E-state index contributed by atoms with van der Waals surface area (Å²) in [5, 5.41) is 9.29. The van der Waals surface area contributed by atoms with Crippen molar-refractivity contribution in [3.05, 3.63) is 76.5 Å². The highest BCUT2D eigenvalue weighted by Crippen LogP contribution is 2.31. The highest BCUT2D eigenvalue weighted by Gasteiger charge is 2.22. The first-order chi connectivity index (χ1) is 15.3. The highest BCUT2D eigenvalue weighted by atomic mass is 32.2. The van der Waals surface area contributed by atoms with Crippen LogP contribution in [0.5, 0.6) is 0 Å². The maximum absolute atomic E-state index is 12.9. The molecule has 6 nitrogen and oxygen atoms in total. The van der Waals surface area contributed by atoms with Crippen molar-refractivity contribution >= 4 is 35.1 Å². The normalized spacial score (nSPS) is 11.8. The van der Waals surface area contributed by atoms with Crippen LogP contribution in [0.25, 0.3) is 0 Å². The Labute approximate surface area is 193 Å². The summed E-state index contributed by atoms with van der Waals surface area (Å²) < 4.78 is 5.03. The van der Waals surface area contributed by atoms with Gasteiger partial charge in [0.1, 0.15) is 11.0 Å². The van der Waals surface area contributed by atoms with E-state index in [1.54, 1.807) is 13.0 Å². The predicted molar refractivity (Wildman–Crippen MR) is 130 cm³/mol. The lowest BCUT2D eigenvalue weighted by Crippen LogP contribution is -2.20. The van der Waals surface area contributed by atoms with Gasteiger partial charge in [-0.2, -0.15) is 0 Å². The fourth-order valence-corrected chi connectivity index (χ4v) is 4.69. The minimum Gasteiger partial charge on any atom is -0.360 e. The Kier molecular flexibility index (Phi) is 8.11. The molecule has 7 heteroatoms. The molecule has 1 aromatic heterocycles. The van der Waals surface area contributed by atoms with Gasteiger partial charge in [0.15, 0.2) is 5.82 Å². The van der Waals surface area contributed by atoms with Crippen LogP contribution < -0.4 is 10.6 Å². The van der Waals surface area contributed by atoms with Crippen LogP contribution in [0.3, 0.4) is 0 Å². The zero-order valence-electron chi connectivity index (χ0n) is 18.9. The number of carbonyl (C=O) groups excluding carboxylic acids is 2. The van der Waals surface area contributed by atoms with Crippen LogP contribution in [0.4, 0.5) is 11.5 Å². The fourth-order valence-electron chi connectivity index (χ4n) is 3.58. The van der Waals surface area contributed by atoms with Crippen molar-refractivity contribution in [1.82, 2.24) is 5.16 Å². The molecule has 2 amide bonds. The van der Waals surface area contributed by atoms with Crippen LogP contribution in [0.1, 0.15) is 46.1 Å². The van der Waals surface area contributed by atoms with Crippen LogP contribution in [0.15, 0.2) is 53.1 Å². The Morgan fingerprint density at radius 3 is 2.31 bits per heavy atom. The molecular weight excluding hydrogens is 422 g/mol. The van der Waals surface area contributed by atoms with Gasteiger partial charge in [-0.05, 0) is 56.6 Å². The van der Waals surface area contributed by atoms with Gasteiger partial charge in [-0.15, -0.1) is 11.8 Å². The van der Waals surface area contributed by atoms with E-state index in [0.717, 1.165) is 22.4 Å². The molecule has 3 rings (SSSR count). The van der Waals surface area contributed by atoms with Gasteiger partial charge in [-0.1, -0.05) is 53.2 Å². The van der Waals surface area contributed by atoms with Crippen molar-refractivity contribution in [3.63, 3.8) is 0 Å². The summed E-state index contributed by atoms with van der Waals surface area (Å²) >= 11 is 1.51. The topological polar surface area (TPSA) is 84.2 Å². The lowest BCUT2D eigenvalue weighted by atomic mass is 10.0. The first-order valence-corrected chi connectivity index (χ1v) is 11.7. The van der Waals surface area contributed by atoms with Crippen molar-refractivity contribution in [2.24, 2.45) is 0 Å². The molecule has 0 aliphatic rings. The van der Waals surface area contributed by atoms with Crippen molar-refractivity contribution in [1.29, 1.82) is 0 Å². The standard InChI is InChI=1S/C25H29N3O3S/c1-16-13-17(2)23(18(3)14-16)27-22(29)11-8-12-32-24(20-9-6-5-7-10-20)25(30)26-21-15-19(4)31-28-21/h5-7,9-10,13-15,24H,8,11-12H2,1-4H3,(H,27,29)(H,26,28,30). The first-order valence-electron chi connectivity index (χ1n) is 10.6. The monoisotopic (exact) mass is 451 g/mol. The number of hydrogen-bond acceptors (Lipinski definition) is 5. The lowest BCUT2D eigenvalue weighted by molar-refractivity contribution is -0.116. The van der Waals surface area contributed by atoms with Gasteiger partial charge in [0, 0.05) is 18.2 Å². The maximum atomic E-state index is 12.9. The number of rotatable bonds is 9. The lowest BCUT2D eigenvalue weighted by Gasteiger charge is -2.16. The summed E-state index contributed by atoms with van der Waals surface area (Å²) in [6, 6.07) is 15.4. The molecule has 0 saturated heterocycles. The Morgan fingerprint density at radius 2 is 1.69 bits per heavy atom. The summed E-state index contributed by atoms with van der Waals surface area (Å²) in [4.78, 5) is 25.4. The second-order valence-electron chi connectivity index (χ2n) is 7.90. The minimum atomic E-state index is -0.405. The van der Waals surface area contributed by atoms with E-state index in [-0.39, 0.29) is 11.8 Å². The molecule has 3 aromatic rings. The van der Waals surface area contributed by atoms with E-state index in [1.165, 1.54) is 17.3 Å². The van der Waals surface area contributed by atoms with Crippen molar-refractivity contribution in [2.45, 2.75) is 45.8 Å². The SMILES string of the molecule is Cc1cc(C)c(NC(=O)CCCSC(C(=O)Nc2cc(C)on2)c2ccccc2)c(C)c1. The molecule has 168 valence electrons. The van der Waals surface area contributed by atoms with Gasteiger partial charge in [0.2, 0.25) is 11.8 Å². The van der Waals surface area contributed by atoms with E-state index in [1.807, 2.05) is 51.1 Å². The van der Waals surface area contributed by atoms with E-state index in [4.69, 9.17) is 4.52 Å². The average molecular weight is 452 g/mol. The number of aromatic nitrogens is 1. The molecule has 0 aliphatic carbocycles. The van der Waals surface area contributed by atoms with Gasteiger partial charge >= 0.3 is 0 Å². The average Bonchev–Trinajstić information content (AvgIpc) is 3.15. The number of nitrogens with zero attached hydrogens (tertiary/aromatic N) is 1. The number of thioether (sulfide) groups is 1. The van der Waals surface area contributed by atoms with Gasteiger partial charge in [-0.25, -0.2) is 0 Å². The van der Waals surface area contributed by atoms with E-state index < -0.39 is 5.25 Å². The molecular formula is C25H29N3O3S. The Bertz CT molecular complexity index is 1060. The third kappa shape index (κ3) is 6.47. The molecule has 32 heavy (non-hydrogen) atoms. The summed E-state index contributed by atoms with van der Waals surface area (Å²) in [5.74, 6) is 1.53. The summed E-state index contributed by atoms with van der Waals surface area (Å²) in [7, 11) is 0. The molecule has 1 heterocycles. The van der Waals surface area contributed by atoms with Crippen LogP contribution >= 0.6 is 11.8 Å². The number of aryl methyl sites for hydroxylation is 4. The third-order valence-electron chi connectivity index (χ3n) is 4.99. The Balaban J connectivity index is 1.56. The number of carbonyl (C=O) groups is 2. The maximum Gasteiger partial charge on any atom is 0.243 e. The molecule has 0 aliphatic heterocycles. The summed E-state index contributed by atoms with van der Waals surface area (Å²) in [6.45, 7) is 7.83. The molecule has 0 bridgehead atoms. The van der Waals surface area contributed by atoms with Gasteiger partial charge in [-0.3, -0.25) is 9.59 Å². The zero-order chi connectivity index (χ0) is 23.1. The Morgan fingerprint density at radius 1 is 1.00 bits per heavy atom. The van der Waals surface area contributed by atoms with Gasteiger partial charge in [0.25, 0.3) is 0 Å². The fraction of sp³-hybridized carbons (Fsp3) is 0.320. The van der Waals surface area contributed by atoms with Gasteiger partial charge < -0.3 is 15.2 Å². The number of anilines is 2. The molecule has 1 atom stereocenters. The van der Waals surface area contributed by atoms with Crippen molar-refractivity contribution in [3.8, 4) is 0 Å². The largest absolute Gasteiger partial charge is 0.360 e. The van der Waals surface area contributed by atoms with Gasteiger partial charge in [0.05, 0.1) is 0 Å². The second-order valence-corrected chi connectivity index (χ2v) is 9.11. The zero-order valence-corrected chi connectivity index (χ0v) is 19.7.